The van der Waals surface area contributed by atoms with E-state index >= 15 is 0 Å². The van der Waals surface area contributed by atoms with Crippen LogP contribution in [0.15, 0.2) is 0 Å². The number of ether oxygens (including phenoxy) is 4. The maximum Gasteiger partial charge on any atom is 0.100 e. The first-order valence-electron chi connectivity index (χ1n) is 6.11. The molecule has 0 aliphatic heterocycles. The maximum absolute atomic E-state index is 8.96. The minimum absolute atomic E-state index is 0.120. The fraction of sp³-hybridized carbons (Fsp3) is 1.00. The highest BCUT2D eigenvalue weighted by Crippen LogP contribution is 1.85. The molecule has 7 nitrogen and oxygen atoms in total. The molecule has 0 aromatic carbocycles. The lowest BCUT2D eigenvalue weighted by Gasteiger charge is -2.09. The molecule has 0 saturated heterocycles. The number of rotatable bonds is 14. The Balaban J connectivity index is 2.94. The van der Waals surface area contributed by atoms with Gasteiger partial charge in [0.05, 0.1) is 59.5 Å². The molecule has 18 heavy (non-hydrogen) atoms. The summed E-state index contributed by atoms with van der Waals surface area (Å²) in [5.41, 5.74) is 5.25. The molecule has 0 heterocycles. The summed E-state index contributed by atoms with van der Waals surface area (Å²) in [6.45, 7) is 3.79. The van der Waals surface area contributed by atoms with Gasteiger partial charge in [-0.15, -0.1) is 0 Å². The van der Waals surface area contributed by atoms with Crippen molar-refractivity contribution in [2.24, 2.45) is 5.73 Å². The Morgan fingerprint density at radius 1 is 0.778 bits per heavy atom. The molecule has 0 bridgehead atoms. The van der Waals surface area contributed by atoms with E-state index in [2.05, 4.69) is 0 Å². The minimum Gasteiger partial charge on any atom is -0.394 e. The zero-order valence-electron chi connectivity index (χ0n) is 10.8. The molecule has 110 valence electrons. The molecule has 0 saturated carbocycles. The lowest BCUT2D eigenvalue weighted by atomic mass is 10.4. The predicted octanol–water partition coefficient (Wildman–Crippen LogP) is -1.64. The summed E-state index contributed by atoms with van der Waals surface area (Å²) in [5.74, 6) is 0. The molecule has 0 rings (SSSR count). The average Bonchev–Trinajstić information content (AvgIpc) is 2.39. The van der Waals surface area contributed by atoms with Crippen LogP contribution in [0.2, 0.25) is 0 Å². The van der Waals surface area contributed by atoms with Gasteiger partial charge in [0.25, 0.3) is 0 Å². The summed E-state index contributed by atoms with van der Waals surface area (Å²) in [6, 6.07) is 0. The van der Waals surface area contributed by atoms with E-state index < -0.39 is 6.10 Å². The highest BCUT2D eigenvalue weighted by atomic mass is 16.6. The quantitative estimate of drug-likeness (QED) is 0.324. The van der Waals surface area contributed by atoms with Gasteiger partial charge in [0.1, 0.15) is 6.10 Å². The molecule has 1 unspecified atom stereocenters. The second kappa shape index (κ2) is 14.8. The molecule has 0 aromatic rings. The number of hydrogen-bond donors (Lipinski definition) is 3. The van der Waals surface area contributed by atoms with Crippen LogP contribution in [0.5, 0.6) is 0 Å². The lowest BCUT2D eigenvalue weighted by Crippen LogP contribution is -2.21. The van der Waals surface area contributed by atoms with E-state index in [1.54, 1.807) is 0 Å². The molecular formula is C11H25NO6. The number of aliphatic hydroxyl groups is 2. The van der Waals surface area contributed by atoms with Crippen molar-refractivity contribution in [3.63, 3.8) is 0 Å². The summed E-state index contributed by atoms with van der Waals surface area (Å²) >= 11 is 0. The molecule has 7 heteroatoms. The van der Waals surface area contributed by atoms with Crippen LogP contribution in [0.1, 0.15) is 0 Å². The molecule has 0 aromatic heterocycles. The molecule has 0 aliphatic rings. The number of aliphatic hydroxyl groups excluding tert-OH is 2. The normalized spacial score (nSPS) is 12.8. The van der Waals surface area contributed by atoms with Crippen LogP contribution in [0.25, 0.3) is 0 Å². The van der Waals surface area contributed by atoms with Crippen molar-refractivity contribution in [1.29, 1.82) is 0 Å². The van der Waals surface area contributed by atoms with Crippen LogP contribution in [-0.4, -0.2) is 82.3 Å². The third kappa shape index (κ3) is 13.8. The summed E-state index contributed by atoms with van der Waals surface area (Å²) in [7, 11) is 0. The van der Waals surface area contributed by atoms with Crippen molar-refractivity contribution in [3.8, 4) is 0 Å². The van der Waals surface area contributed by atoms with Crippen molar-refractivity contribution in [2.45, 2.75) is 6.10 Å². The van der Waals surface area contributed by atoms with Crippen LogP contribution in [0.4, 0.5) is 0 Å². The van der Waals surface area contributed by atoms with Gasteiger partial charge in [-0.2, -0.15) is 0 Å². The average molecular weight is 267 g/mol. The SMILES string of the molecule is NCCOCCOCCOCCOCC(O)CO. The Hall–Kier alpha value is -0.280. The Labute approximate surface area is 108 Å². The van der Waals surface area contributed by atoms with Crippen molar-refractivity contribution in [3.05, 3.63) is 0 Å². The molecule has 1 atom stereocenters. The number of hydrogen-bond acceptors (Lipinski definition) is 7. The zero-order chi connectivity index (χ0) is 13.5. The Kier molecular flexibility index (Phi) is 14.5. The molecule has 0 fully saturated rings. The van der Waals surface area contributed by atoms with Gasteiger partial charge in [0.15, 0.2) is 0 Å². The summed E-state index contributed by atoms with van der Waals surface area (Å²) in [4.78, 5) is 0. The van der Waals surface area contributed by atoms with Gasteiger partial charge in [-0.05, 0) is 0 Å². The first-order chi connectivity index (χ1) is 8.81. The zero-order valence-corrected chi connectivity index (χ0v) is 10.8. The van der Waals surface area contributed by atoms with Gasteiger partial charge in [-0.1, -0.05) is 0 Å². The highest BCUT2D eigenvalue weighted by molar-refractivity contribution is 4.48. The lowest BCUT2D eigenvalue weighted by molar-refractivity contribution is -0.0264. The Morgan fingerprint density at radius 3 is 1.67 bits per heavy atom. The largest absolute Gasteiger partial charge is 0.394 e. The van der Waals surface area contributed by atoms with Gasteiger partial charge in [0, 0.05) is 6.54 Å². The summed E-state index contributed by atoms with van der Waals surface area (Å²) in [5, 5.41) is 17.5. The van der Waals surface area contributed by atoms with Crippen LogP contribution in [0.3, 0.4) is 0 Å². The minimum atomic E-state index is -0.818. The van der Waals surface area contributed by atoms with Crippen molar-refractivity contribution in [2.75, 3.05) is 66.0 Å². The van der Waals surface area contributed by atoms with Crippen molar-refractivity contribution in [1.82, 2.24) is 0 Å². The second-order valence-electron chi connectivity index (χ2n) is 3.54. The van der Waals surface area contributed by atoms with E-state index in [0.717, 1.165) is 0 Å². The van der Waals surface area contributed by atoms with E-state index in [9.17, 15) is 0 Å². The van der Waals surface area contributed by atoms with Gasteiger partial charge in [0.2, 0.25) is 0 Å². The van der Waals surface area contributed by atoms with Crippen LogP contribution < -0.4 is 5.73 Å². The Bertz CT molecular complexity index is 160. The van der Waals surface area contributed by atoms with Gasteiger partial charge < -0.3 is 34.9 Å². The van der Waals surface area contributed by atoms with E-state index in [4.69, 9.17) is 34.9 Å². The molecule has 0 radical (unpaired) electrons. The first-order valence-corrected chi connectivity index (χ1v) is 6.11. The van der Waals surface area contributed by atoms with Gasteiger partial charge in [-0.25, -0.2) is 0 Å². The van der Waals surface area contributed by atoms with E-state index in [-0.39, 0.29) is 13.2 Å². The summed E-state index contributed by atoms with van der Waals surface area (Å²) in [6.07, 6.45) is -0.818. The van der Waals surface area contributed by atoms with Crippen LogP contribution in [-0.2, 0) is 18.9 Å². The standard InChI is InChI=1S/C11H25NO6/c12-1-2-15-3-4-16-5-6-17-7-8-18-10-11(14)9-13/h11,13-14H,1-10,12H2. The monoisotopic (exact) mass is 267 g/mol. The predicted molar refractivity (Wildman–Crippen MR) is 65.4 cm³/mol. The van der Waals surface area contributed by atoms with Crippen LogP contribution >= 0.6 is 0 Å². The van der Waals surface area contributed by atoms with Crippen molar-refractivity contribution < 1.29 is 29.2 Å². The fourth-order valence-corrected chi connectivity index (χ4v) is 1.02. The second-order valence-corrected chi connectivity index (χ2v) is 3.54. The molecular weight excluding hydrogens is 242 g/mol. The molecule has 0 spiro atoms. The fourth-order valence-electron chi connectivity index (χ4n) is 1.02. The molecule has 0 amide bonds. The van der Waals surface area contributed by atoms with Crippen molar-refractivity contribution >= 4 is 0 Å². The molecule has 4 N–H and O–H groups in total. The summed E-state index contributed by atoms with van der Waals surface area (Å²) < 4.78 is 20.6. The third-order valence-electron chi connectivity index (χ3n) is 1.90. The topological polar surface area (TPSA) is 103 Å². The molecule has 0 aliphatic carbocycles. The Morgan fingerprint density at radius 2 is 1.22 bits per heavy atom. The van der Waals surface area contributed by atoms with E-state index in [1.807, 2.05) is 0 Å². The van der Waals surface area contributed by atoms with E-state index in [1.165, 1.54) is 0 Å². The third-order valence-corrected chi connectivity index (χ3v) is 1.90. The van der Waals surface area contributed by atoms with Gasteiger partial charge in [-0.3, -0.25) is 0 Å². The highest BCUT2D eigenvalue weighted by Gasteiger charge is 2.00. The van der Waals surface area contributed by atoms with Gasteiger partial charge >= 0.3 is 0 Å². The van der Waals surface area contributed by atoms with Crippen LogP contribution in [0, 0.1) is 0 Å². The number of nitrogens with two attached hydrogens (primary N) is 1. The maximum atomic E-state index is 8.96. The first kappa shape index (κ1) is 17.7. The smallest absolute Gasteiger partial charge is 0.100 e. The van der Waals surface area contributed by atoms with E-state index in [0.29, 0.717) is 52.8 Å².